The summed E-state index contributed by atoms with van der Waals surface area (Å²) in [6.45, 7) is 1.45. The first-order valence-electron chi connectivity index (χ1n) is 6.30. The molecule has 0 aliphatic heterocycles. The van der Waals surface area contributed by atoms with Crippen molar-refractivity contribution >= 4 is 22.4 Å². The fourth-order valence-corrected chi connectivity index (χ4v) is 2.01. The van der Waals surface area contributed by atoms with E-state index in [4.69, 9.17) is 5.73 Å². The van der Waals surface area contributed by atoms with Crippen LogP contribution in [0.5, 0.6) is 0 Å². The minimum Gasteiger partial charge on any atom is -0.398 e. The molecule has 100 valence electrons. The molecule has 0 unspecified atom stereocenters. The SMILES string of the molecule is CN(C)CCNC(=O)c1ccc(N)c2ccccc12. The lowest BCUT2D eigenvalue weighted by Gasteiger charge is -2.12. The van der Waals surface area contributed by atoms with E-state index in [-0.39, 0.29) is 5.91 Å². The summed E-state index contributed by atoms with van der Waals surface area (Å²) in [6.07, 6.45) is 0. The molecule has 0 aliphatic rings. The second kappa shape index (κ2) is 5.71. The number of carbonyl (C=O) groups excluding carboxylic acids is 1. The highest BCUT2D eigenvalue weighted by Gasteiger charge is 2.10. The van der Waals surface area contributed by atoms with Crippen molar-refractivity contribution in [2.75, 3.05) is 32.9 Å². The number of fused-ring (bicyclic) bond motifs is 1. The minimum absolute atomic E-state index is 0.0574. The number of likely N-dealkylation sites (N-methyl/N-ethyl adjacent to an activating group) is 1. The van der Waals surface area contributed by atoms with E-state index in [2.05, 4.69) is 5.32 Å². The molecule has 3 N–H and O–H groups in total. The minimum atomic E-state index is -0.0574. The van der Waals surface area contributed by atoms with Crippen LogP contribution in [0, 0.1) is 0 Å². The lowest BCUT2D eigenvalue weighted by Crippen LogP contribution is -2.31. The lowest BCUT2D eigenvalue weighted by molar-refractivity contribution is 0.0952. The normalized spacial score (nSPS) is 10.9. The van der Waals surface area contributed by atoms with Crippen molar-refractivity contribution in [1.29, 1.82) is 0 Å². The van der Waals surface area contributed by atoms with Gasteiger partial charge in [-0.05, 0) is 31.6 Å². The van der Waals surface area contributed by atoms with E-state index in [0.29, 0.717) is 17.8 Å². The molecule has 0 aromatic heterocycles. The van der Waals surface area contributed by atoms with Crippen molar-refractivity contribution < 1.29 is 4.79 Å². The van der Waals surface area contributed by atoms with Crippen LogP contribution >= 0.6 is 0 Å². The molecule has 0 spiro atoms. The molecule has 0 atom stereocenters. The summed E-state index contributed by atoms with van der Waals surface area (Å²) >= 11 is 0. The Morgan fingerprint density at radius 3 is 2.53 bits per heavy atom. The molecule has 0 aliphatic carbocycles. The fraction of sp³-hybridized carbons (Fsp3) is 0.267. The van der Waals surface area contributed by atoms with E-state index < -0.39 is 0 Å². The highest BCUT2D eigenvalue weighted by atomic mass is 16.1. The number of rotatable bonds is 4. The first-order valence-corrected chi connectivity index (χ1v) is 6.30. The van der Waals surface area contributed by atoms with Crippen LogP contribution < -0.4 is 11.1 Å². The molecular formula is C15H19N3O. The molecule has 2 rings (SSSR count). The number of hydrogen-bond donors (Lipinski definition) is 2. The van der Waals surface area contributed by atoms with E-state index in [0.717, 1.165) is 17.3 Å². The first kappa shape index (κ1) is 13.4. The third-order valence-electron chi connectivity index (χ3n) is 3.05. The number of amides is 1. The van der Waals surface area contributed by atoms with E-state index in [9.17, 15) is 4.79 Å². The van der Waals surface area contributed by atoms with Crippen LogP contribution in [0.15, 0.2) is 36.4 Å². The Bertz CT molecular complexity index is 593. The van der Waals surface area contributed by atoms with Gasteiger partial charge in [0.2, 0.25) is 0 Å². The summed E-state index contributed by atoms with van der Waals surface area (Å²) in [5, 5.41) is 4.73. The van der Waals surface area contributed by atoms with Gasteiger partial charge in [-0.1, -0.05) is 24.3 Å². The van der Waals surface area contributed by atoms with Crippen LogP contribution in [-0.4, -0.2) is 38.0 Å². The number of anilines is 1. The number of carbonyl (C=O) groups is 1. The average Bonchev–Trinajstić information content (AvgIpc) is 2.39. The zero-order valence-corrected chi connectivity index (χ0v) is 11.3. The van der Waals surface area contributed by atoms with Gasteiger partial charge >= 0.3 is 0 Å². The van der Waals surface area contributed by atoms with Crippen molar-refractivity contribution in [3.63, 3.8) is 0 Å². The lowest BCUT2D eigenvalue weighted by atomic mass is 10.0. The molecule has 2 aromatic carbocycles. The molecule has 19 heavy (non-hydrogen) atoms. The van der Waals surface area contributed by atoms with Crippen LogP contribution in [0.2, 0.25) is 0 Å². The number of hydrogen-bond acceptors (Lipinski definition) is 3. The number of nitrogens with one attached hydrogen (secondary N) is 1. The van der Waals surface area contributed by atoms with Gasteiger partial charge in [-0.15, -0.1) is 0 Å². The number of nitrogen functional groups attached to an aromatic ring is 1. The zero-order valence-electron chi connectivity index (χ0n) is 11.3. The Kier molecular flexibility index (Phi) is 4.02. The predicted molar refractivity (Wildman–Crippen MR) is 79.2 cm³/mol. The van der Waals surface area contributed by atoms with Crippen molar-refractivity contribution in [2.24, 2.45) is 0 Å². The van der Waals surface area contributed by atoms with Gasteiger partial charge in [-0.2, -0.15) is 0 Å². The Labute approximate surface area is 113 Å². The molecule has 4 nitrogen and oxygen atoms in total. The van der Waals surface area contributed by atoms with Gasteiger partial charge in [0.15, 0.2) is 0 Å². The van der Waals surface area contributed by atoms with Crippen molar-refractivity contribution in [1.82, 2.24) is 10.2 Å². The number of benzene rings is 2. The monoisotopic (exact) mass is 257 g/mol. The van der Waals surface area contributed by atoms with Crippen molar-refractivity contribution in [3.8, 4) is 0 Å². The second-order valence-electron chi connectivity index (χ2n) is 4.81. The first-order chi connectivity index (χ1) is 9.09. The van der Waals surface area contributed by atoms with Crippen LogP contribution in [-0.2, 0) is 0 Å². The van der Waals surface area contributed by atoms with Gasteiger partial charge < -0.3 is 16.0 Å². The Morgan fingerprint density at radius 2 is 1.84 bits per heavy atom. The van der Waals surface area contributed by atoms with Gasteiger partial charge in [-0.25, -0.2) is 0 Å². The molecule has 0 radical (unpaired) electrons. The smallest absolute Gasteiger partial charge is 0.251 e. The molecule has 4 heteroatoms. The van der Waals surface area contributed by atoms with Gasteiger partial charge in [0.1, 0.15) is 0 Å². The largest absolute Gasteiger partial charge is 0.398 e. The van der Waals surface area contributed by atoms with Crippen molar-refractivity contribution in [3.05, 3.63) is 42.0 Å². The van der Waals surface area contributed by atoms with E-state index >= 15 is 0 Å². The Balaban J connectivity index is 2.25. The fourth-order valence-electron chi connectivity index (χ4n) is 2.01. The maximum Gasteiger partial charge on any atom is 0.251 e. The third-order valence-corrected chi connectivity index (χ3v) is 3.05. The molecule has 0 saturated carbocycles. The number of nitrogens with zero attached hydrogens (tertiary/aromatic N) is 1. The maximum absolute atomic E-state index is 12.2. The summed E-state index contributed by atoms with van der Waals surface area (Å²) in [4.78, 5) is 14.2. The quantitative estimate of drug-likeness (QED) is 0.820. The highest BCUT2D eigenvalue weighted by Crippen LogP contribution is 2.24. The van der Waals surface area contributed by atoms with Gasteiger partial charge in [-0.3, -0.25) is 4.79 Å². The molecule has 2 aromatic rings. The highest BCUT2D eigenvalue weighted by molar-refractivity contribution is 6.09. The summed E-state index contributed by atoms with van der Waals surface area (Å²) in [5.41, 5.74) is 7.29. The van der Waals surface area contributed by atoms with Gasteiger partial charge in [0, 0.05) is 29.7 Å². The molecule has 0 saturated heterocycles. The standard InChI is InChI=1S/C15H19N3O/c1-18(2)10-9-17-15(19)13-7-8-14(16)12-6-4-3-5-11(12)13/h3-8H,9-10,16H2,1-2H3,(H,17,19). The van der Waals surface area contributed by atoms with Gasteiger partial charge in [0.25, 0.3) is 5.91 Å². The van der Waals surface area contributed by atoms with Crippen LogP contribution in [0.4, 0.5) is 5.69 Å². The van der Waals surface area contributed by atoms with E-state index in [1.165, 1.54) is 0 Å². The zero-order chi connectivity index (χ0) is 13.8. The van der Waals surface area contributed by atoms with Crippen LogP contribution in [0.3, 0.4) is 0 Å². The molecule has 0 fully saturated rings. The molecule has 1 amide bonds. The number of nitrogens with two attached hydrogens (primary N) is 1. The van der Waals surface area contributed by atoms with Crippen LogP contribution in [0.1, 0.15) is 10.4 Å². The van der Waals surface area contributed by atoms with E-state index in [1.807, 2.05) is 43.3 Å². The topological polar surface area (TPSA) is 58.4 Å². The summed E-state index contributed by atoms with van der Waals surface area (Å²) in [7, 11) is 3.95. The predicted octanol–water partition coefficient (Wildman–Crippen LogP) is 1.71. The van der Waals surface area contributed by atoms with Crippen molar-refractivity contribution in [2.45, 2.75) is 0 Å². The molecular weight excluding hydrogens is 238 g/mol. The molecule has 0 bridgehead atoms. The van der Waals surface area contributed by atoms with E-state index in [1.54, 1.807) is 12.1 Å². The summed E-state index contributed by atoms with van der Waals surface area (Å²) in [5.74, 6) is -0.0574. The van der Waals surface area contributed by atoms with Gasteiger partial charge in [0.05, 0.1) is 0 Å². The third kappa shape index (κ3) is 3.03. The molecule has 0 heterocycles. The second-order valence-corrected chi connectivity index (χ2v) is 4.81. The Hall–Kier alpha value is -2.07. The average molecular weight is 257 g/mol. The maximum atomic E-state index is 12.2. The van der Waals surface area contributed by atoms with Crippen LogP contribution in [0.25, 0.3) is 10.8 Å². The summed E-state index contributed by atoms with van der Waals surface area (Å²) < 4.78 is 0. The summed E-state index contributed by atoms with van der Waals surface area (Å²) in [6, 6.07) is 11.3. The Morgan fingerprint density at radius 1 is 1.16 bits per heavy atom.